The summed E-state index contributed by atoms with van der Waals surface area (Å²) in [5.74, 6) is 0.779. The predicted molar refractivity (Wildman–Crippen MR) is 88.7 cm³/mol. The first-order valence-corrected chi connectivity index (χ1v) is 8.80. The summed E-state index contributed by atoms with van der Waals surface area (Å²) in [5.41, 5.74) is 0. The van der Waals surface area contributed by atoms with Crippen LogP contribution in [0.1, 0.15) is 62.5 Å². The highest BCUT2D eigenvalue weighted by Crippen LogP contribution is 2.28. The Kier molecular flexibility index (Phi) is 8.28. The fraction of sp³-hybridized carbons (Fsp3) is 0.647. The van der Waals surface area contributed by atoms with Gasteiger partial charge in [0.25, 0.3) is 0 Å². The van der Waals surface area contributed by atoms with Crippen molar-refractivity contribution in [3.05, 3.63) is 22.4 Å². The van der Waals surface area contributed by atoms with Crippen molar-refractivity contribution in [1.82, 2.24) is 5.32 Å². The summed E-state index contributed by atoms with van der Waals surface area (Å²) in [5, 5.41) is 4.65. The van der Waals surface area contributed by atoms with E-state index in [9.17, 15) is 9.59 Å². The monoisotopic (exact) mass is 309 g/mol. The molecule has 21 heavy (non-hydrogen) atoms. The molecule has 2 rings (SSSR count). The van der Waals surface area contributed by atoms with Gasteiger partial charge in [-0.1, -0.05) is 46.1 Å². The Morgan fingerprint density at radius 2 is 2.05 bits per heavy atom. The summed E-state index contributed by atoms with van der Waals surface area (Å²) in [6.45, 7) is 6.57. The normalized spacial score (nSPS) is 21.1. The molecule has 1 N–H and O–H groups in total. The molecule has 1 aliphatic carbocycles. The lowest BCUT2D eigenvalue weighted by molar-refractivity contribution is -0.126. The first-order chi connectivity index (χ1) is 10.1. The van der Waals surface area contributed by atoms with Gasteiger partial charge in [0, 0.05) is 5.92 Å². The zero-order chi connectivity index (χ0) is 15.7. The Labute approximate surface area is 132 Å². The van der Waals surface area contributed by atoms with E-state index in [1.165, 1.54) is 24.2 Å². The smallest absolute Gasteiger partial charge is 0.223 e. The van der Waals surface area contributed by atoms with Crippen LogP contribution < -0.4 is 5.32 Å². The van der Waals surface area contributed by atoms with Gasteiger partial charge in [-0.3, -0.25) is 9.59 Å². The molecule has 3 nitrogen and oxygen atoms in total. The van der Waals surface area contributed by atoms with Gasteiger partial charge >= 0.3 is 0 Å². The molecule has 1 aliphatic rings. The number of Topliss-reactive ketones (excluding diaryl/α,β-unsaturated/α-hetero) is 1. The molecule has 2 atom stereocenters. The quantitative estimate of drug-likeness (QED) is 0.843. The topological polar surface area (TPSA) is 46.2 Å². The number of hydrogen-bond acceptors (Lipinski definition) is 3. The van der Waals surface area contributed by atoms with Crippen LogP contribution in [0.5, 0.6) is 0 Å². The van der Waals surface area contributed by atoms with Crippen molar-refractivity contribution in [2.24, 2.45) is 11.8 Å². The number of amides is 1. The summed E-state index contributed by atoms with van der Waals surface area (Å²) in [7, 11) is 0. The van der Waals surface area contributed by atoms with Crippen LogP contribution in [0.4, 0.5) is 0 Å². The van der Waals surface area contributed by atoms with Crippen LogP contribution in [0.15, 0.2) is 17.5 Å². The lowest BCUT2D eigenvalue weighted by Gasteiger charge is -2.25. The van der Waals surface area contributed by atoms with Gasteiger partial charge in [0.1, 0.15) is 0 Å². The van der Waals surface area contributed by atoms with Gasteiger partial charge in [-0.05, 0) is 30.2 Å². The number of ketones is 1. The number of nitrogens with one attached hydrogen (secondary N) is 1. The van der Waals surface area contributed by atoms with E-state index in [0.29, 0.717) is 10.8 Å². The van der Waals surface area contributed by atoms with E-state index in [2.05, 4.69) is 26.1 Å². The summed E-state index contributed by atoms with van der Waals surface area (Å²) < 4.78 is 0. The molecule has 0 spiro atoms. The number of thiophene rings is 1. The van der Waals surface area contributed by atoms with Gasteiger partial charge in [-0.15, -0.1) is 11.3 Å². The van der Waals surface area contributed by atoms with E-state index < -0.39 is 0 Å². The second-order valence-electron chi connectivity index (χ2n) is 5.79. The van der Waals surface area contributed by atoms with Crippen molar-refractivity contribution in [2.75, 3.05) is 6.54 Å². The molecular formula is C17H27NO2S. The third kappa shape index (κ3) is 6.42. The van der Waals surface area contributed by atoms with Gasteiger partial charge < -0.3 is 5.32 Å². The summed E-state index contributed by atoms with van der Waals surface area (Å²) in [6, 6.07) is 3.64. The standard InChI is InChI=1S/C14H19NO2S.C3H8/c1-10-4-2-5-11(8-10)14(17)15-9-12(16)13-6-3-7-18-13;1-3-2/h3,6-7,10-11H,2,4-5,8-9H2,1H3,(H,15,17);3H2,1-2H3. The Bertz CT molecular complexity index is 428. The van der Waals surface area contributed by atoms with Crippen molar-refractivity contribution in [1.29, 1.82) is 0 Å². The summed E-state index contributed by atoms with van der Waals surface area (Å²) in [4.78, 5) is 24.4. The fourth-order valence-corrected chi connectivity index (χ4v) is 3.17. The predicted octanol–water partition coefficient (Wildman–Crippen LogP) is 4.29. The van der Waals surface area contributed by atoms with E-state index in [0.717, 1.165) is 19.3 Å². The molecule has 0 bridgehead atoms. The average molecular weight is 309 g/mol. The van der Waals surface area contributed by atoms with Crippen LogP contribution in [0.2, 0.25) is 0 Å². The van der Waals surface area contributed by atoms with Gasteiger partial charge in [-0.25, -0.2) is 0 Å². The van der Waals surface area contributed by atoms with Gasteiger partial charge in [0.15, 0.2) is 5.78 Å². The third-order valence-corrected chi connectivity index (χ3v) is 4.44. The van der Waals surface area contributed by atoms with Gasteiger partial charge in [0.2, 0.25) is 5.91 Å². The SMILES string of the molecule is CC1CCCC(C(=O)NCC(=O)c2cccs2)C1.CCC. The van der Waals surface area contributed by atoms with Crippen molar-refractivity contribution >= 4 is 23.0 Å². The minimum atomic E-state index is 0.00204. The van der Waals surface area contributed by atoms with Crippen LogP contribution in [0, 0.1) is 11.8 Å². The molecule has 0 aromatic carbocycles. The molecule has 1 heterocycles. The first kappa shape index (κ1) is 17.9. The Balaban J connectivity index is 0.000000677. The molecule has 4 heteroatoms. The summed E-state index contributed by atoms with van der Waals surface area (Å²) >= 11 is 1.42. The zero-order valence-electron chi connectivity index (χ0n) is 13.4. The molecule has 118 valence electrons. The van der Waals surface area contributed by atoms with Crippen LogP contribution in [0.3, 0.4) is 0 Å². The number of carbonyl (C=O) groups is 2. The molecule has 0 aliphatic heterocycles. The minimum absolute atomic E-state index is 0.00204. The summed E-state index contributed by atoms with van der Waals surface area (Å²) in [6.07, 6.45) is 5.51. The Hall–Kier alpha value is -1.16. The largest absolute Gasteiger partial charge is 0.348 e. The van der Waals surface area contributed by atoms with E-state index in [4.69, 9.17) is 0 Å². The first-order valence-electron chi connectivity index (χ1n) is 7.92. The van der Waals surface area contributed by atoms with E-state index in [-0.39, 0.29) is 24.2 Å². The fourth-order valence-electron chi connectivity index (χ4n) is 2.51. The maximum Gasteiger partial charge on any atom is 0.223 e. The van der Waals surface area contributed by atoms with Crippen molar-refractivity contribution in [3.8, 4) is 0 Å². The molecule has 1 fully saturated rings. The maximum atomic E-state index is 12.0. The van der Waals surface area contributed by atoms with Crippen LogP contribution in [-0.4, -0.2) is 18.2 Å². The van der Waals surface area contributed by atoms with Crippen molar-refractivity contribution in [3.63, 3.8) is 0 Å². The number of carbonyl (C=O) groups excluding carboxylic acids is 2. The van der Waals surface area contributed by atoms with E-state index >= 15 is 0 Å². The lowest BCUT2D eigenvalue weighted by Crippen LogP contribution is -2.36. The Morgan fingerprint density at radius 3 is 2.62 bits per heavy atom. The molecule has 0 radical (unpaired) electrons. The molecular weight excluding hydrogens is 282 g/mol. The van der Waals surface area contributed by atoms with Crippen LogP contribution in [-0.2, 0) is 4.79 Å². The van der Waals surface area contributed by atoms with Crippen LogP contribution >= 0.6 is 11.3 Å². The molecule has 1 aromatic rings. The third-order valence-electron chi connectivity index (χ3n) is 3.53. The molecule has 0 saturated heterocycles. The number of rotatable bonds is 4. The zero-order valence-corrected chi connectivity index (χ0v) is 14.2. The maximum absolute atomic E-state index is 12.0. The lowest BCUT2D eigenvalue weighted by atomic mass is 9.82. The van der Waals surface area contributed by atoms with Crippen molar-refractivity contribution < 1.29 is 9.59 Å². The van der Waals surface area contributed by atoms with Gasteiger partial charge in [-0.2, -0.15) is 0 Å². The average Bonchev–Trinajstić information content (AvgIpc) is 2.99. The highest BCUT2D eigenvalue weighted by molar-refractivity contribution is 7.12. The minimum Gasteiger partial charge on any atom is -0.348 e. The molecule has 2 unspecified atom stereocenters. The molecule has 1 saturated carbocycles. The van der Waals surface area contributed by atoms with Crippen LogP contribution in [0.25, 0.3) is 0 Å². The second-order valence-corrected chi connectivity index (χ2v) is 6.74. The molecule has 1 amide bonds. The Morgan fingerprint density at radius 1 is 1.33 bits per heavy atom. The highest BCUT2D eigenvalue weighted by Gasteiger charge is 2.25. The second kappa shape index (κ2) is 9.72. The van der Waals surface area contributed by atoms with Gasteiger partial charge in [0.05, 0.1) is 11.4 Å². The van der Waals surface area contributed by atoms with Crippen molar-refractivity contribution in [2.45, 2.75) is 52.9 Å². The number of hydrogen-bond donors (Lipinski definition) is 1. The van der Waals surface area contributed by atoms with E-state index in [1.807, 2.05) is 11.4 Å². The highest BCUT2D eigenvalue weighted by atomic mass is 32.1. The molecule has 1 aromatic heterocycles. The van der Waals surface area contributed by atoms with E-state index in [1.54, 1.807) is 6.07 Å².